The third kappa shape index (κ3) is 4.18. The fourth-order valence-electron chi connectivity index (χ4n) is 3.45. The molecular formula is C19H18F3N3O2S2. The molecule has 1 aliphatic carbocycles. The Hall–Kier alpha value is -2.33. The summed E-state index contributed by atoms with van der Waals surface area (Å²) in [6, 6.07) is 7.67. The highest BCUT2D eigenvalue weighted by Crippen LogP contribution is 2.36. The minimum Gasteiger partial charge on any atom is -0.280 e. The van der Waals surface area contributed by atoms with Gasteiger partial charge in [0, 0.05) is 11.9 Å². The van der Waals surface area contributed by atoms with Crippen LogP contribution in [0.4, 0.5) is 18.9 Å². The van der Waals surface area contributed by atoms with Gasteiger partial charge in [0.2, 0.25) is 0 Å². The van der Waals surface area contributed by atoms with Gasteiger partial charge in [-0.1, -0.05) is 18.9 Å². The predicted molar refractivity (Wildman–Crippen MR) is 105 cm³/mol. The summed E-state index contributed by atoms with van der Waals surface area (Å²) in [5.74, 6) is 0. The lowest BCUT2D eigenvalue weighted by Crippen LogP contribution is -2.14. The van der Waals surface area contributed by atoms with Crippen LogP contribution in [-0.2, 0) is 16.2 Å². The van der Waals surface area contributed by atoms with Crippen molar-refractivity contribution in [1.29, 1.82) is 0 Å². The molecule has 0 amide bonds. The van der Waals surface area contributed by atoms with Crippen LogP contribution in [0.1, 0.15) is 37.3 Å². The Balaban J connectivity index is 1.68. The maximum absolute atomic E-state index is 13.0. The number of halogens is 3. The van der Waals surface area contributed by atoms with Gasteiger partial charge in [0.25, 0.3) is 10.0 Å². The van der Waals surface area contributed by atoms with E-state index in [0.717, 1.165) is 54.8 Å². The van der Waals surface area contributed by atoms with E-state index in [1.165, 1.54) is 17.5 Å². The first-order valence-electron chi connectivity index (χ1n) is 9.07. The van der Waals surface area contributed by atoms with E-state index >= 15 is 0 Å². The number of nitrogens with zero attached hydrogens (tertiary/aromatic N) is 2. The number of hydrogen-bond acceptors (Lipinski definition) is 4. The van der Waals surface area contributed by atoms with Gasteiger partial charge >= 0.3 is 6.18 Å². The van der Waals surface area contributed by atoms with Gasteiger partial charge in [-0.2, -0.15) is 18.3 Å². The highest BCUT2D eigenvalue weighted by atomic mass is 32.2. The van der Waals surface area contributed by atoms with Gasteiger partial charge < -0.3 is 0 Å². The van der Waals surface area contributed by atoms with Crippen LogP contribution in [0.15, 0.2) is 52.9 Å². The predicted octanol–water partition coefficient (Wildman–Crippen LogP) is 5.55. The van der Waals surface area contributed by atoms with Crippen molar-refractivity contribution in [2.24, 2.45) is 0 Å². The van der Waals surface area contributed by atoms with E-state index in [2.05, 4.69) is 9.82 Å². The molecule has 0 atom stereocenters. The van der Waals surface area contributed by atoms with Crippen LogP contribution < -0.4 is 4.72 Å². The van der Waals surface area contributed by atoms with Crippen molar-refractivity contribution in [1.82, 2.24) is 9.78 Å². The fraction of sp³-hybridized carbons (Fsp3) is 0.316. The van der Waals surface area contributed by atoms with Crippen molar-refractivity contribution < 1.29 is 21.6 Å². The summed E-state index contributed by atoms with van der Waals surface area (Å²) < 4.78 is 68.4. The standard InChI is InChI=1S/C19H18F3N3O2S2/c20-19(21,22)13-7-9-14(10-8-13)24-29(26,27)17-12-25(15-4-1-2-5-15)23-18(17)16-6-3-11-28-16/h3,6-12,15,24H,1-2,4-5H2. The number of alkyl halides is 3. The first-order chi connectivity index (χ1) is 13.7. The Morgan fingerprint density at radius 3 is 2.38 bits per heavy atom. The van der Waals surface area contributed by atoms with Gasteiger partial charge in [0.05, 0.1) is 16.5 Å². The zero-order valence-electron chi connectivity index (χ0n) is 15.2. The molecule has 1 aromatic carbocycles. The summed E-state index contributed by atoms with van der Waals surface area (Å²) in [7, 11) is -4.03. The molecule has 1 aliphatic rings. The second-order valence-electron chi connectivity index (χ2n) is 6.92. The van der Waals surface area contributed by atoms with Gasteiger partial charge in [-0.05, 0) is 48.6 Å². The van der Waals surface area contributed by atoms with Crippen molar-refractivity contribution in [2.45, 2.75) is 42.8 Å². The summed E-state index contributed by atoms with van der Waals surface area (Å²) in [4.78, 5) is 0.737. The fourth-order valence-corrected chi connectivity index (χ4v) is 5.45. The first-order valence-corrected chi connectivity index (χ1v) is 11.4. The molecule has 0 spiro atoms. The molecule has 0 saturated heterocycles. The smallest absolute Gasteiger partial charge is 0.280 e. The highest BCUT2D eigenvalue weighted by molar-refractivity contribution is 7.92. The lowest BCUT2D eigenvalue weighted by Gasteiger charge is -2.10. The molecule has 0 radical (unpaired) electrons. The van der Waals surface area contributed by atoms with Gasteiger partial charge in [-0.3, -0.25) is 9.40 Å². The number of hydrogen-bond donors (Lipinski definition) is 1. The van der Waals surface area contributed by atoms with Crippen molar-refractivity contribution in [3.63, 3.8) is 0 Å². The van der Waals surface area contributed by atoms with E-state index in [-0.39, 0.29) is 16.6 Å². The molecule has 4 rings (SSSR count). The average Bonchev–Trinajstić information content (AvgIpc) is 3.40. The Morgan fingerprint density at radius 2 is 1.79 bits per heavy atom. The van der Waals surface area contributed by atoms with Crippen molar-refractivity contribution in [3.05, 3.63) is 53.5 Å². The number of anilines is 1. The Bertz CT molecular complexity index is 1080. The van der Waals surface area contributed by atoms with E-state index in [9.17, 15) is 21.6 Å². The number of rotatable bonds is 5. The third-order valence-electron chi connectivity index (χ3n) is 4.91. The minimum absolute atomic E-state index is 0.0201. The average molecular weight is 442 g/mol. The van der Waals surface area contributed by atoms with E-state index < -0.39 is 21.8 Å². The first kappa shape index (κ1) is 20.0. The topological polar surface area (TPSA) is 64.0 Å². The number of sulfonamides is 1. The lowest BCUT2D eigenvalue weighted by atomic mass is 10.2. The van der Waals surface area contributed by atoms with Crippen LogP contribution in [0.25, 0.3) is 10.6 Å². The highest BCUT2D eigenvalue weighted by Gasteiger charge is 2.31. The molecule has 0 unspecified atom stereocenters. The van der Waals surface area contributed by atoms with Crippen LogP contribution in [0.3, 0.4) is 0 Å². The monoisotopic (exact) mass is 441 g/mol. The van der Waals surface area contributed by atoms with E-state index in [1.807, 2.05) is 11.4 Å². The van der Waals surface area contributed by atoms with Gasteiger partial charge in [0.15, 0.2) is 0 Å². The molecule has 5 nitrogen and oxygen atoms in total. The number of thiophene rings is 1. The zero-order chi connectivity index (χ0) is 20.6. The summed E-state index contributed by atoms with van der Waals surface area (Å²) in [5, 5.41) is 6.39. The second-order valence-corrected chi connectivity index (χ2v) is 9.52. The Labute approximate surface area is 170 Å². The van der Waals surface area contributed by atoms with Crippen molar-refractivity contribution in [3.8, 4) is 10.6 Å². The number of aromatic nitrogens is 2. The minimum atomic E-state index is -4.48. The molecule has 2 heterocycles. The van der Waals surface area contributed by atoms with Gasteiger partial charge in [0.1, 0.15) is 10.6 Å². The molecule has 3 aromatic rings. The van der Waals surface area contributed by atoms with Crippen molar-refractivity contribution >= 4 is 27.0 Å². The molecule has 10 heteroatoms. The SMILES string of the molecule is O=S(=O)(Nc1ccc(C(F)(F)F)cc1)c1cn(C2CCCC2)nc1-c1cccs1. The van der Waals surface area contributed by atoms with Crippen LogP contribution in [-0.4, -0.2) is 18.2 Å². The molecule has 0 aliphatic heterocycles. The Kier molecular flexibility index (Phi) is 5.16. The van der Waals surface area contributed by atoms with Crippen LogP contribution in [0.5, 0.6) is 0 Å². The second kappa shape index (κ2) is 7.49. The lowest BCUT2D eigenvalue weighted by molar-refractivity contribution is -0.137. The van der Waals surface area contributed by atoms with Crippen LogP contribution in [0.2, 0.25) is 0 Å². The normalized spacial score (nSPS) is 15.7. The number of benzene rings is 1. The molecular weight excluding hydrogens is 423 g/mol. The molecule has 2 aromatic heterocycles. The summed E-state index contributed by atoms with van der Waals surface area (Å²) in [6.45, 7) is 0. The molecule has 29 heavy (non-hydrogen) atoms. The number of nitrogens with one attached hydrogen (secondary N) is 1. The summed E-state index contributed by atoms with van der Waals surface area (Å²) in [5.41, 5.74) is -0.427. The maximum Gasteiger partial charge on any atom is 0.416 e. The molecule has 1 N–H and O–H groups in total. The molecule has 0 bridgehead atoms. The molecule has 154 valence electrons. The maximum atomic E-state index is 13.0. The summed E-state index contributed by atoms with van der Waals surface area (Å²) >= 11 is 1.38. The molecule has 1 fully saturated rings. The largest absolute Gasteiger partial charge is 0.416 e. The zero-order valence-corrected chi connectivity index (χ0v) is 16.8. The van der Waals surface area contributed by atoms with Gasteiger partial charge in [-0.15, -0.1) is 11.3 Å². The molecule has 1 saturated carbocycles. The van der Waals surface area contributed by atoms with E-state index in [0.29, 0.717) is 5.69 Å². The third-order valence-corrected chi connectivity index (χ3v) is 7.16. The van der Waals surface area contributed by atoms with E-state index in [1.54, 1.807) is 10.7 Å². The summed E-state index contributed by atoms with van der Waals surface area (Å²) in [6.07, 6.45) is 1.08. The van der Waals surface area contributed by atoms with Crippen LogP contribution in [0, 0.1) is 0 Å². The quantitative estimate of drug-likeness (QED) is 0.565. The van der Waals surface area contributed by atoms with Crippen LogP contribution >= 0.6 is 11.3 Å². The van der Waals surface area contributed by atoms with E-state index in [4.69, 9.17) is 0 Å². The van der Waals surface area contributed by atoms with Gasteiger partial charge in [-0.25, -0.2) is 8.42 Å². The van der Waals surface area contributed by atoms with Crippen molar-refractivity contribution in [2.75, 3.05) is 4.72 Å². The Morgan fingerprint density at radius 1 is 1.10 bits per heavy atom.